The van der Waals surface area contributed by atoms with Crippen molar-refractivity contribution in [2.24, 2.45) is 0 Å². The van der Waals surface area contributed by atoms with Crippen molar-refractivity contribution in [1.82, 2.24) is 20.1 Å². The monoisotopic (exact) mass is 288 g/mol. The fourth-order valence-corrected chi connectivity index (χ4v) is 2.09. The Balaban J connectivity index is 2.12. The van der Waals surface area contributed by atoms with Crippen molar-refractivity contribution < 1.29 is 9.90 Å². The van der Waals surface area contributed by atoms with Gasteiger partial charge in [0.05, 0.1) is 5.69 Å². The van der Waals surface area contributed by atoms with Gasteiger partial charge in [0, 0.05) is 18.2 Å². The summed E-state index contributed by atoms with van der Waals surface area (Å²) >= 11 is 0. The van der Waals surface area contributed by atoms with E-state index in [0.717, 1.165) is 11.5 Å². The molecule has 112 valence electrons. The molecule has 0 bridgehead atoms. The molecule has 1 amide bonds. The van der Waals surface area contributed by atoms with Gasteiger partial charge in [-0.1, -0.05) is 0 Å². The van der Waals surface area contributed by atoms with Gasteiger partial charge in [-0.15, -0.1) is 0 Å². The number of carbonyl (C=O) groups is 1. The van der Waals surface area contributed by atoms with E-state index in [1.165, 1.54) is 0 Å². The summed E-state index contributed by atoms with van der Waals surface area (Å²) in [6.45, 7) is 5.65. The molecule has 0 aliphatic rings. The maximum atomic E-state index is 12.0. The summed E-state index contributed by atoms with van der Waals surface area (Å²) in [5, 5.41) is 16.0. The van der Waals surface area contributed by atoms with Crippen LogP contribution in [0.4, 0.5) is 0 Å². The van der Waals surface area contributed by atoms with Crippen molar-refractivity contribution in [3.63, 3.8) is 0 Å². The first-order valence-electron chi connectivity index (χ1n) is 6.93. The number of benzene rings is 1. The first kappa shape index (κ1) is 15.2. The summed E-state index contributed by atoms with van der Waals surface area (Å²) < 4.78 is 1.74. The van der Waals surface area contributed by atoms with Gasteiger partial charge in [-0.3, -0.25) is 4.79 Å². The lowest BCUT2D eigenvalue weighted by Gasteiger charge is -2.12. The first-order valence-corrected chi connectivity index (χ1v) is 6.93. The molecular formula is C15H20N4O2. The predicted octanol–water partition coefficient (Wildman–Crippen LogP) is 1.38. The number of aryl methyl sites for hydroxylation is 2. The molecule has 21 heavy (non-hydrogen) atoms. The van der Waals surface area contributed by atoms with Crippen LogP contribution in [-0.4, -0.2) is 38.4 Å². The van der Waals surface area contributed by atoms with E-state index in [4.69, 9.17) is 5.11 Å². The van der Waals surface area contributed by atoms with Crippen LogP contribution >= 0.6 is 0 Å². The zero-order valence-corrected chi connectivity index (χ0v) is 12.5. The molecular weight excluding hydrogens is 268 g/mol. The van der Waals surface area contributed by atoms with Crippen molar-refractivity contribution in [3.05, 3.63) is 41.5 Å². The van der Waals surface area contributed by atoms with Crippen LogP contribution in [0, 0.1) is 13.8 Å². The molecule has 0 aliphatic carbocycles. The summed E-state index contributed by atoms with van der Waals surface area (Å²) in [7, 11) is 0. The number of aliphatic hydroxyl groups excluding tert-OH is 1. The molecule has 1 aromatic carbocycles. The Bertz CT molecular complexity index is 619. The summed E-state index contributed by atoms with van der Waals surface area (Å²) in [5.74, 6) is 1.38. The maximum absolute atomic E-state index is 12.0. The number of nitrogens with zero attached hydrogens (tertiary/aromatic N) is 3. The molecule has 0 saturated heterocycles. The molecule has 1 unspecified atom stereocenters. The van der Waals surface area contributed by atoms with Gasteiger partial charge in [-0.2, -0.15) is 5.10 Å². The smallest absolute Gasteiger partial charge is 0.251 e. The molecule has 6 heteroatoms. The zero-order chi connectivity index (χ0) is 15.4. The van der Waals surface area contributed by atoms with Gasteiger partial charge >= 0.3 is 0 Å². The average Bonchev–Trinajstić information content (AvgIpc) is 2.78. The standard InChI is InChI=1S/C15H20N4O2/c1-10(8-9-20)16-15(21)13-4-6-14(7-5-13)19-12(3)17-11(2)18-19/h4-7,10,20H,8-9H2,1-3H3,(H,16,21). The van der Waals surface area contributed by atoms with Gasteiger partial charge in [-0.05, 0) is 51.5 Å². The van der Waals surface area contributed by atoms with E-state index >= 15 is 0 Å². The molecule has 0 fully saturated rings. The van der Waals surface area contributed by atoms with Crippen molar-refractivity contribution >= 4 is 5.91 Å². The van der Waals surface area contributed by atoms with Crippen LogP contribution in [0.1, 0.15) is 35.4 Å². The van der Waals surface area contributed by atoms with Gasteiger partial charge in [0.15, 0.2) is 0 Å². The third-order valence-corrected chi connectivity index (χ3v) is 3.19. The van der Waals surface area contributed by atoms with E-state index in [9.17, 15) is 4.79 Å². The normalized spacial score (nSPS) is 12.2. The minimum atomic E-state index is -0.144. The SMILES string of the molecule is Cc1nc(C)n(-c2ccc(C(=O)NC(C)CCO)cc2)n1. The third kappa shape index (κ3) is 3.66. The van der Waals surface area contributed by atoms with Crippen LogP contribution in [0.5, 0.6) is 0 Å². The lowest BCUT2D eigenvalue weighted by Crippen LogP contribution is -2.33. The number of hydrogen-bond acceptors (Lipinski definition) is 4. The Kier molecular flexibility index (Phi) is 4.70. The van der Waals surface area contributed by atoms with Gasteiger partial charge in [0.25, 0.3) is 5.91 Å². The summed E-state index contributed by atoms with van der Waals surface area (Å²) in [6, 6.07) is 7.14. The number of amides is 1. The van der Waals surface area contributed by atoms with Crippen LogP contribution in [0.15, 0.2) is 24.3 Å². The predicted molar refractivity (Wildman–Crippen MR) is 79.5 cm³/mol. The molecule has 0 aliphatic heterocycles. The van der Waals surface area contributed by atoms with Crippen molar-refractivity contribution in [2.75, 3.05) is 6.61 Å². The number of hydrogen-bond donors (Lipinski definition) is 2. The van der Waals surface area contributed by atoms with Crippen molar-refractivity contribution in [3.8, 4) is 5.69 Å². The molecule has 6 nitrogen and oxygen atoms in total. The summed E-state index contributed by atoms with van der Waals surface area (Å²) in [4.78, 5) is 16.3. The highest BCUT2D eigenvalue weighted by Gasteiger charge is 2.10. The second-order valence-electron chi connectivity index (χ2n) is 5.05. The van der Waals surface area contributed by atoms with E-state index in [2.05, 4.69) is 15.4 Å². The molecule has 0 radical (unpaired) electrons. The zero-order valence-electron chi connectivity index (χ0n) is 12.5. The Morgan fingerprint density at radius 2 is 2.00 bits per heavy atom. The number of rotatable bonds is 5. The van der Waals surface area contributed by atoms with Crippen LogP contribution in [0.25, 0.3) is 5.69 Å². The summed E-state index contributed by atoms with van der Waals surface area (Å²) in [6.07, 6.45) is 0.543. The second kappa shape index (κ2) is 6.49. The van der Waals surface area contributed by atoms with Crippen LogP contribution < -0.4 is 5.32 Å². The Morgan fingerprint density at radius 1 is 1.33 bits per heavy atom. The highest BCUT2D eigenvalue weighted by molar-refractivity contribution is 5.94. The van der Waals surface area contributed by atoms with Crippen LogP contribution in [-0.2, 0) is 0 Å². The number of nitrogens with one attached hydrogen (secondary N) is 1. The van der Waals surface area contributed by atoms with Gasteiger partial charge in [0.2, 0.25) is 0 Å². The van der Waals surface area contributed by atoms with Crippen LogP contribution in [0.3, 0.4) is 0 Å². The number of aliphatic hydroxyl groups is 1. The van der Waals surface area contributed by atoms with E-state index in [-0.39, 0.29) is 18.6 Å². The molecule has 0 saturated carbocycles. The maximum Gasteiger partial charge on any atom is 0.251 e. The van der Waals surface area contributed by atoms with E-state index in [1.54, 1.807) is 16.8 Å². The van der Waals surface area contributed by atoms with Gasteiger partial charge in [0.1, 0.15) is 11.6 Å². The minimum Gasteiger partial charge on any atom is -0.396 e. The fourth-order valence-electron chi connectivity index (χ4n) is 2.09. The molecule has 0 spiro atoms. The second-order valence-corrected chi connectivity index (χ2v) is 5.05. The van der Waals surface area contributed by atoms with E-state index in [1.807, 2.05) is 32.9 Å². The molecule has 1 aromatic heterocycles. The van der Waals surface area contributed by atoms with Crippen molar-refractivity contribution in [2.45, 2.75) is 33.2 Å². The topological polar surface area (TPSA) is 80.0 Å². The van der Waals surface area contributed by atoms with E-state index < -0.39 is 0 Å². The first-order chi connectivity index (χ1) is 10.0. The Morgan fingerprint density at radius 3 is 2.52 bits per heavy atom. The highest BCUT2D eigenvalue weighted by atomic mass is 16.3. The lowest BCUT2D eigenvalue weighted by atomic mass is 10.1. The summed E-state index contributed by atoms with van der Waals surface area (Å²) in [5.41, 5.74) is 1.45. The number of carbonyl (C=O) groups excluding carboxylic acids is 1. The van der Waals surface area contributed by atoms with E-state index in [0.29, 0.717) is 17.8 Å². The van der Waals surface area contributed by atoms with Gasteiger partial charge in [-0.25, -0.2) is 9.67 Å². The Labute approximate surface area is 123 Å². The molecule has 2 N–H and O–H groups in total. The van der Waals surface area contributed by atoms with Crippen LogP contribution in [0.2, 0.25) is 0 Å². The largest absolute Gasteiger partial charge is 0.396 e. The molecule has 1 atom stereocenters. The Hall–Kier alpha value is -2.21. The molecule has 2 aromatic rings. The minimum absolute atomic E-state index is 0.0533. The number of aromatic nitrogens is 3. The highest BCUT2D eigenvalue weighted by Crippen LogP contribution is 2.11. The molecule has 2 rings (SSSR count). The van der Waals surface area contributed by atoms with Gasteiger partial charge < -0.3 is 10.4 Å². The lowest BCUT2D eigenvalue weighted by molar-refractivity contribution is 0.0934. The quantitative estimate of drug-likeness (QED) is 0.871. The third-order valence-electron chi connectivity index (χ3n) is 3.19. The van der Waals surface area contributed by atoms with Crippen molar-refractivity contribution in [1.29, 1.82) is 0 Å². The fraction of sp³-hybridized carbons (Fsp3) is 0.400. The average molecular weight is 288 g/mol. The molecule has 1 heterocycles.